The van der Waals surface area contributed by atoms with E-state index in [2.05, 4.69) is 4.98 Å². The topological polar surface area (TPSA) is 75.3 Å². The molecule has 1 aliphatic rings. The highest BCUT2D eigenvalue weighted by Crippen LogP contribution is 2.38. The molecule has 1 fully saturated rings. The predicted molar refractivity (Wildman–Crippen MR) is 39.1 cm³/mol. The predicted octanol–water partition coefficient (Wildman–Crippen LogP) is 0.622. The lowest BCUT2D eigenvalue weighted by atomic mass is 10.4. The number of aromatic carboxylic acids is 1. The number of carbonyl (C=O) groups is 1. The molecule has 0 aromatic carbocycles. The lowest BCUT2D eigenvalue weighted by Gasteiger charge is -1.98. The summed E-state index contributed by atoms with van der Waals surface area (Å²) in [5.41, 5.74) is -0.262. The van der Waals surface area contributed by atoms with Gasteiger partial charge in [-0.25, -0.2) is 9.78 Å². The number of aromatic nitrogens is 2. The number of aromatic hydroxyl groups is 1. The summed E-state index contributed by atoms with van der Waals surface area (Å²) in [6.45, 7) is 0. The largest absolute Gasteiger partial charge is 0.493 e. The number of nitrogens with zero attached hydrogens (tertiary/aromatic N) is 2. The van der Waals surface area contributed by atoms with Crippen LogP contribution in [0.2, 0.25) is 0 Å². The van der Waals surface area contributed by atoms with Gasteiger partial charge in [0.15, 0.2) is 0 Å². The summed E-state index contributed by atoms with van der Waals surface area (Å²) in [7, 11) is 0. The van der Waals surface area contributed by atoms with Crippen LogP contribution in [0.4, 0.5) is 0 Å². The minimum atomic E-state index is -1.19. The molecule has 64 valence electrons. The molecular formula is C7H8N2O3. The second kappa shape index (κ2) is 2.23. The van der Waals surface area contributed by atoms with E-state index >= 15 is 0 Å². The normalized spacial score (nSPS) is 16.3. The van der Waals surface area contributed by atoms with Gasteiger partial charge in [-0.3, -0.25) is 4.57 Å². The fourth-order valence-corrected chi connectivity index (χ4v) is 1.13. The highest BCUT2D eigenvalue weighted by Gasteiger charge is 2.28. The van der Waals surface area contributed by atoms with Crippen molar-refractivity contribution in [3.8, 4) is 5.88 Å². The first-order valence-corrected chi connectivity index (χ1v) is 3.69. The summed E-state index contributed by atoms with van der Waals surface area (Å²) in [5, 5.41) is 17.9. The van der Waals surface area contributed by atoms with E-state index in [9.17, 15) is 9.90 Å². The third kappa shape index (κ3) is 0.939. The average Bonchev–Trinajstić information content (AvgIpc) is 2.75. The molecule has 5 heteroatoms. The van der Waals surface area contributed by atoms with E-state index in [0.29, 0.717) is 0 Å². The molecule has 0 atom stereocenters. The van der Waals surface area contributed by atoms with Gasteiger partial charge in [-0.1, -0.05) is 0 Å². The van der Waals surface area contributed by atoms with Gasteiger partial charge in [0.25, 0.3) is 0 Å². The van der Waals surface area contributed by atoms with Crippen molar-refractivity contribution >= 4 is 5.97 Å². The number of carboxylic acids is 1. The summed E-state index contributed by atoms with van der Waals surface area (Å²) in [6, 6.07) is 0.255. The van der Waals surface area contributed by atoms with Crippen molar-refractivity contribution in [3.63, 3.8) is 0 Å². The number of carboxylic acid groups (broad SMARTS) is 1. The zero-order valence-electron chi connectivity index (χ0n) is 6.27. The van der Waals surface area contributed by atoms with Gasteiger partial charge in [-0.15, -0.1) is 0 Å². The summed E-state index contributed by atoms with van der Waals surface area (Å²) >= 11 is 0. The molecule has 1 saturated carbocycles. The van der Waals surface area contributed by atoms with E-state index in [-0.39, 0.29) is 17.6 Å². The molecular weight excluding hydrogens is 160 g/mol. The van der Waals surface area contributed by atoms with Crippen LogP contribution < -0.4 is 0 Å². The summed E-state index contributed by atoms with van der Waals surface area (Å²) in [5.74, 6) is -1.42. The van der Waals surface area contributed by atoms with Crippen LogP contribution >= 0.6 is 0 Å². The van der Waals surface area contributed by atoms with E-state index in [1.54, 1.807) is 0 Å². The van der Waals surface area contributed by atoms with Crippen molar-refractivity contribution in [1.29, 1.82) is 0 Å². The quantitative estimate of drug-likeness (QED) is 0.678. The maximum absolute atomic E-state index is 10.4. The monoisotopic (exact) mass is 168 g/mol. The zero-order valence-corrected chi connectivity index (χ0v) is 6.27. The maximum atomic E-state index is 10.4. The molecule has 0 bridgehead atoms. The van der Waals surface area contributed by atoms with Crippen LogP contribution in [0.1, 0.15) is 29.4 Å². The number of hydrogen-bond acceptors (Lipinski definition) is 3. The van der Waals surface area contributed by atoms with Crippen LogP contribution in [0.25, 0.3) is 0 Å². The molecule has 1 aromatic rings. The fraction of sp³-hybridized carbons (Fsp3) is 0.429. The minimum absolute atomic E-state index is 0.231. The summed E-state index contributed by atoms with van der Waals surface area (Å²) in [4.78, 5) is 14.0. The smallest absolute Gasteiger partial charge is 0.360 e. The standard InChI is InChI=1S/C7H8N2O3/c10-6-5(7(11)12)8-3-9(6)4-1-2-4/h3-4,10H,1-2H2,(H,11,12). The van der Waals surface area contributed by atoms with Gasteiger partial charge < -0.3 is 10.2 Å². The Morgan fingerprint density at radius 1 is 1.67 bits per heavy atom. The lowest BCUT2D eigenvalue weighted by Crippen LogP contribution is -1.97. The molecule has 1 heterocycles. The zero-order chi connectivity index (χ0) is 8.72. The van der Waals surface area contributed by atoms with E-state index in [0.717, 1.165) is 12.8 Å². The third-order valence-electron chi connectivity index (χ3n) is 1.91. The van der Waals surface area contributed by atoms with Crippen LogP contribution in [0.15, 0.2) is 6.33 Å². The highest BCUT2D eigenvalue weighted by atomic mass is 16.4. The summed E-state index contributed by atoms with van der Waals surface area (Å²) in [6.07, 6.45) is 3.35. The SMILES string of the molecule is O=C(O)c1ncn(C2CC2)c1O. The van der Waals surface area contributed by atoms with E-state index in [1.807, 2.05) is 0 Å². The number of imidazole rings is 1. The Hall–Kier alpha value is -1.52. The van der Waals surface area contributed by atoms with Gasteiger partial charge in [0, 0.05) is 6.04 Å². The van der Waals surface area contributed by atoms with Crippen molar-refractivity contribution in [1.82, 2.24) is 9.55 Å². The van der Waals surface area contributed by atoms with Crippen LogP contribution in [0.5, 0.6) is 5.88 Å². The molecule has 1 aromatic heterocycles. The lowest BCUT2D eigenvalue weighted by molar-refractivity contribution is 0.0687. The number of rotatable bonds is 2. The molecule has 0 spiro atoms. The minimum Gasteiger partial charge on any atom is -0.493 e. The molecule has 0 aliphatic heterocycles. The Morgan fingerprint density at radius 3 is 2.75 bits per heavy atom. The van der Waals surface area contributed by atoms with E-state index in [4.69, 9.17) is 5.11 Å². The maximum Gasteiger partial charge on any atom is 0.360 e. The fourth-order valence-electron chi connectivity index (χ4n) is 1.13. The molecule has 2 rings (SSSR count). The van der Waals surface area contributed by atoms with Crippen LogP contribution in [-0.4, -0.2) is 25.7 Å². The van der Waals surface area contributed by atoms with Crippen molar-refractivity contribution in [2.45, 2.75) is 18.9 Å². The molecule has 2 N–H and O–H groups in total. The molecule has 1 aliphatic carbocycles. The van der Waals surface area contributed by atoms with E-state index in [1.165, 1.54) is 10.9 Å². The first-order chi connectivity index (χ1) is 5.70. The molecule has 0 amide bonds. The Labute approximate surface area is 68.3 Å². The Morgan fingerprint density at radius 2 is 2.33 bits per heavy atom. The van der Waals surface area contributed by atoms with Gasteiger partial charge >= 0.3 is 5.97 Å². The second-order valence-electron chi connectivity index (χ2n) is 2.86. The first kappa shape index (κ1) is 7.15. The van der Waals surface area contributed by atoms with Gasteiger partial charge in [0.1, 0.15) is 0 Å². The molecule has 0 saturated heterocycles. The van der Waals surface area contributed by atoms with Gasteiger partial charge in [0.2, 0.25) is 11.6 Å². The average molecular weight is 168 g/mol. The van der Waals surface area contributed by atoms with Crippen molar-refractivity contribution in [2.75, 3.05) is 0 Å². The van der Waals surface area contributed by atoms with Crippen molar-refractivity contribution < 1.29 is 15.0 Å². The second-order valence-corrected chi connectivity index (χ2v) is 2.86. The van der Waals surface area contributed by atoms with Crippen LogP contribution in [-0.2, 0) is 0 Å². The molecule has 0 radical (unpaired) electrons. The highest BCUT2D eigenvalue weighted by molar-refractivity contribution is 5.87. The third-order valence-corrected chi connectivity index (χ3v) is 1.91. The van der Waals surface area contributed by atoms with Gasteiger partial charge in [-0.2, -0.15) is 0 Å². The summed E-state index contributed by atoms with van der Waals surface area (Å²) < 4.78 is 1.50. The Balaban J connectivity index is 2.39. The van der Waals surface area contributed by atoms with Crippen LogP contribution in [0, 0.1) is 0 Å². The van der Waals surface area contributed by atoms with E-state index < -0.39 is 5.97 Å². The molecule has 5 nitrogen and oxygen atoms in total. The first-order valence-electron chi connectivity index (χ1n) is 3.69. The Bertz CT molecular complexity index is 327. The van der Waals surface area contributed by atoms with Crippen molar-refractivity contribution in [2.24, 2.45) is 0 Å². The Kier molecular flexibility index (Phi) is 1.33. The van der Waals surface area contributed by atoms with Gasteiger partial charge in [0.05, 0.1) is 6.33 Å². The molecule has 0 unspecified atom stereocenters. The van der Waals surface area contributed by atoms with Crippen molar-refractivity contribution in [3.05, 3.63) is 12.0 Å². The molecule has 12 heavy (non-hydrogen) atoms. The number of hydrogen-bond donors (Lipinski definition) is 2. The van der Waals surface area contributed by atoms with Crippen LogP contribution in [0.3, 0.4) is 0 Å². The van der Waals surface area contributed by atoms with Gasteiger partial charge in [-0.05, 0) is 12.8 Å².